The van der Waals surface area contributed by atoms with Crippen LogP contribution in [-0.4, -0.2) is 40.4 Å². The number of carbonyl (C=O) groups excluding carboxylic acids is 1. The van der Waals surface area contributed by atoms with Gasteiger partial charge in [0.05, 0.1) is 5.69 Å². The van der Waals surface area contributed by atoms with Crippen LogP contribution in [0.1, 0.15) is 24.2 Å². The highest BCUT2D eigenvalue weighted by Crippen LogP contribution is 2.21. The van der Waals surface area contributed by atoms with E-state index in [1.165, 1.54) is 11.3 Å². The number of hydrogen-bond donors (Lipinski definition) is 1. The Morgan fingerprint density at radius 2 is 2.22 bits per heavy atom. The lowest BCUT2D eigenvalue weighted by atomic mass is 9.96. The van der Waals surface area contributed by atoms with Gasteiger partial charge in [-0.1, -0.05) is 6.07 Å². The Labute approximate surface area is 140 Å². The van der Waals surface area contributed by atoms with E-state index in [1.807, 2.05) is 30.6 Å². The minimum absolute atomic E-state index is 0.102. The number of pyridine rings is 1. The number of rotatable bonds is 5. The normalized spacial score (nSPS) is 16.4. The number of piperidine rings is 1. The van der Waals surface area contributed by atoms with Crippen LogP contribution in [0.4, 0.5) is 5.13 Å². The Morgan fingerprint density at radius 3 is 2.87 bits per heavy atom. The van der Waals surface area contributed by atoms with Gasteiger partial charge in [0.25, 0.3) is 0 Å². The van der Waals surface area contributed by atoms with Crippen molar-refractivity contribution in [2.45, 2.75) is 26.2 Å². The fourth-order valence-electron chi connectivity index (χ4n) is 2.86. The number of hydrogen-bond acceptors (Lipinski definition) is 5. The van der Waals surface area contributed by atoms with Crippen LogP contribution in [0.3, 0.4) is 0 Å². The van der Waals surface area contributed by atoms with Gasteiger partial charge in [-0.25, -0.2) is 4.98 Å². The first-order valence-electron chi connectivity index (χ1n) is 8.06. The van der Waals surface area contributed by atoms with Gasteiger partial charge in [-0.2, -0.15) is 0 Å². The van der Waals surface area contributed by atoms with Gasteiger partial charge in [0, 0.05) is 36.2 Å². The van der Waals surface area contributed by atoms with Crippen LogP contribution in [0.2, 0.25) is 0 Å². The van der Waals surface area contributed by atoms with Crippen LogP contribution in [-0.2, 0) is 11.2 Å². The van der Waals surface area contributed by atoms with E-state index in [-0.39, 0.29) is 11.8 Å². The summed E-state index contributed by atoms with van der Waals surface area (Å²) in [5, 5.41) is 5.61. The molecule has 6 heteroatoms. The van der Waals surface area contributed by atoms with E-state index >= 15 is 0 Å². The van der Waals surface area contributed by atoms with Crippen LogP contribution in [0, 0.1) is 12.8 Å². The first-order chi connectivity index (χ1) is 11.2. The minimum atomic E-state index is 0.102. The van der Waals surface area contributed by atoms with E-state index in [9.17, 15) is 4.79 Å². The summed E-state index contributed by atoms with van der Waals surface area (Å²) < 4.78 is 0. The third kappa shape index (κ3) is 4.59. The zero-order valence-corrected chi connectivity index (χ0v) is 14.2. The topological polar surface area (TPSA) is 58.1 Å². The number of likely N-dealkylation sites (tertiary alicyclic amines) is 1. The van der Waals surface area contributed by atoms with Crippen molar-refractivity contribution in [1.29, 1.82) is 0 Å². The van der Waals surface area contributed by atoms with Crippen LogP contribution >= 0.6 is 11.3 Å². The van der Waals surface area contributed by atoms with E-state index in [0.717, 1.165) is 50.3 Å². The van der Waals surface area contributed by atoms with Crippen molar-refractivity contribution in [3.63, 3.8) is 0 Å². The Hall–Kier alpha value is -1.79. The van der Waals surface area contributed by atoms with Crippen molar-refractivity contribution in [3.05, 3.63) is 41.2 Å². The van der Waals surface area contributed by atoms with Crippen LogP contribution in [0.15, 0.2) is 29.8 Å². The molecular weight excluding hydrogens is 308 g/mol. The summed E-state index contributed by atoms with van der Waals surface area (Å²) in [4.78, 5) is 23.4. The Bertz CT molecular complexity index is 635. The number of anilines is 1. The molecule has 1 saturated heterocycles. The number of thiazole rings is 1. The lowest BCUT2D eigenvalue weighted by Crippen LogP contribution is -2.39. The molecule has 2 aromatic heterocycles. The van der Waals surface area contributed by atoms with Crippen LogP contribution in [0.25, 0.3) is 0 Å². The van der Waals surface area contributed by atoms with Gasteiger partial charge < -0.3 is 10.2 Å². The van der Waals surface area contributed by atoms with Gasteiger partial charge in [-0.3, -0.25) is 9.78 Å². The molecule has 1 N–H and O–H groups in total. The smallest absolute Gasteiger partial charge is 0.229 e. The molecule has 0 aromatic carbocycles. The zero-order chi connectivity index (χ0) is 16.1. The minimum Gasteiger partial charge on any atom is -0.303 e. The molecule has 0 aliphatic carbocycles. The summed E-state index contributed by atoms with van der Waals surface area (Å²) in [5.41, 5.74) is 2.08. The molecule has 0 spiro atoms. The van der Waals surface area contributed by atoms with Crippen molar-refractivity contribution in [2.75, 3.05) is 25.0 Å². The molecule has 0 unspecified atom stereocenters. The van der Waals surface area contributed by atoms with E-state index < -0.39 is 0 Å². The van der Waals surface area contributed by atoms with Crippen molar-refractivity contribution in [2.24, 2.45) is 5.92 Å². The summed E-state index contributed by atoms with van der Waals surface area (Å²) in [6, 6.07) is 6.03. The van der Waals surface area contributed by atoms with Crippen LogP contribution < -0.4 is 5.32 Å². The number of carbonyl (C=O) groups is 1. The fraction of sp³-hybridized carbons (Fsp3) is 0.471. The molecule has 1 aliphatic rings. The number of nitrogens with zero attached hydrogens (tertiary/aromatic N) is 3. The third-order valence-corrected chi connectivity index (χ3v) is 5.09. The maximum Gasteiger partial charge on any atom is 0.229 e. The average molecular weight is 330 g/mol. The lowest BCUT2D eigenvalue weighted by Gasteiger charge is -2.30. The molecule has 1 amide bonds. The summed E-state index contributed by atoms with van der Waals surface area (Å²) in [5.74, 6) is 0.217. The highest BCUT2D eigenvalue weighted by Gasteiger charge is 2.25. The molecular formula is C17H22N4OS. The number of nitrogens with one attached hydrogen (secondary N) is 1. The summed E-state index contributed by atoms with van der Waals surface area (Å²) in [6.07, 6.45) is 4.64. The average Bonchev–Trinajstić information content (AvgIpc) is 2.99. The quantitative estimate of drug-likeness (QED) is 0.916. The van der Waals surface area contributed by atoms with E-state index in [2.05, 4.69) is 26.3 Å². The van der Waals surface area contributed by atoms with Gasteiger partial charge >= 0.3 is 0 Å². The molecule has 0 atom stereocenters. The second-order valence-electron chi connectivity index (χ2n) is 5.97. The van der Waals surface area contributed by atoms with Crippen molar-refractivity contribution in [1.82, 2.24) is 14.9 Å². The predicted molar refractivity (Wildman–Crippen MR) is 92.6 cm³/mol. The Balaban J connectivity index is 1.42. The number of amides is 1. The number of aromatic nitrogens is 2. The summed E-state index contributed by atoms with van der Waals surface area (Å²) >= 11 is 1.49. The Morgan fingerprint density at radius 1 is 1.39 bits per heavy atom. The highest BCUT2D eigenvalue weighted by molar-refractivity contribution is 7.13. The van der Waals surface area contributed by atoms with Gasteiger partial charge in [-0.05, 0) is 45.0 Å². The second-order valence-corrected chi connectivity index (χ2v) is 6.83. The first kappa shape index (κ1) is 16.1. The monoisotopic (exact) mass is 330 g/mol. The van der Waals surface area contributed by atoms with Gasteiger partial charge in [0.1, 0.15) is 0 Å². The lowest BCUT2D eigenvalue weighted by molar-refractivity contribution is -0.121. The van der Waals surface area contributed by atoms with Crippen LogP contribution in [0.5, 0.6) is 0 Å². The van der Waals surface area contributed by atoms with Gasteiger partial charge in [-0.15, -0.1) is 11.3 Å². The molecule has 0 saturated carbocycles. The molecule has 0 bridgehead atoms. The molecule has 1 fully saturated rings. The molecule has 0 radical (unpaired) electrons. The molecule has 3 rings (SSSR count). The summed E-state index contributed by atoms with van der Waals surface area (Å²) in [6.45, 7) is 4.90. The second kappa shape index (κ2) is 7.66. The Kier molecular flexibility index (Phi) is 5.35. The van der Waals surface area contributed by atoms with E-state index in [0.29, 0.717) is 5.13 Å². The maximum absolute atomic E-state index is 12.3. The molecule has 122 valence electrons. The standard InChI is InChI=1S/C17H22N4OS/c1-13-12-23-17(19-13)20-16(22)14-5-9-21(10-6-14)11-7-15-4-2-3-8-18-15/h2-4,8,12,14H,5-7,9-11H2,1H3,(H,19,20,22). The van der Waals surface area contributed by atoms with Gasteiger partial charge in [0.2, 0.25) is 5.91 Å². The first-order valence-corrected chi connectivity index (χ1v) is 8.94. The van der Waals surface area contributed by atoms with Crippen molar-refractivity contribution >= 4 is 22.4 Å². The molecule has 2 aromatic rings. The largest absolute Gasteiger partial charge is 0.303 e. The fourth-order valence-corrected chi connectivity index (χ4v) is 3.55. The molecule has 23 heavy (non-hydrogen) atoms. The SMILES string of the molecule is Cc1csc(NC(=O)C2CCN(CCc3ccccn3)CC2)n1. The summed E-state index contributed by atoms with van der Waals surface area (Å²) in [7, 11) is 0. The maximum atomic E-state index is 12.3. The molecule has 5 nitrogen and oxygen atoms in total. The third-order valence-electron chi connectivity index (χ3n) is 4.22. The number of aryl methyl sites for hydroxylation is 1. The van der Waals surface area contributed by atoms with E-state index in [1.54, 1.807) is 0 Å². The molecule has 1 aliphatic heterocycles. The molecule has 3 heterocycles. The van der Waals surface area contributed by atoms with Crippen molar-refractivity contribution < 1.29 is 4.79 Å². The van der Waals surface area contributed by atoms with Gasteiger partial charge in [0.15, 0.2) is 5.13 Å². The van der Waals surface area contributed by atoms with Crippen molar-refractivity contribution in [3.8, 4) is 0 Å². The highest BCUT2D eigenvalue weighted by atomic mass is 32.1. The zero-order valence-electron chi connectivity index (χ0n) is 13.4. The predicted octanol–water partition coefficient (Wildman–Crippen LogP) is 2.74. The van der Waals surface area contributed by atoms with E-state index in [4.69, 9.17) is 0 Å².